The van der Waals surface area contributed by atoms with Crippen molar-refractivity contribution in [3.63, 3.8) is 0 Å². The summed E-state index contributed by atoms with van der Waals surface area (Å²) in [5, 5.41) is 0. The van der Waals surface area contributed by atoms with E-state index in [4.69, 9.17) is 4.74 Å². The number of amides is 1. The molecule has 2 fully saturated rings. The molecule has 102 valence electrons. The van der Waals surface area contributed by atoms with Crippen LogP contribution in [0.15, 0.2) is 24.3 Å². The fourth-order valence-corrected chi connectivity index (χ4v) is 2.91. The average molecular weight is 371 g/mol. The zero-order valence-corrected chi connectivity index (χ0v) is 13.0. The number of hydrogen-bond acceptors (Lipinski definition) is 2. The topological polar surface area (TPSA) is 29.5 Å². The van der Waals surface area contributed by atoms with Crippen LogP contribution in [0, 0.1) is 9.49 Å². The molecular formula is C15H18INO2. The molecule has 1 unspecified atom stereocenters. The number of carbonyl (C=O) groups is 1. The highest BCUT2D eigenvalue weighted by Crippen LogP contribution is 2.30. The second-order valence-corrected chi connectivity index (χ2v) is 6.67. The fraction of sp³-hybridized carbons (Fsp3) is 0.533. The Morgan fingerprint density at radius 3 is 2.58 bits per heavy atom. The lowest BCUT2D eigenvalue weighted by Crippen LogP contribution is -2.37. The van der Waals surface area contributed by atoms with Crippen molar-refractivity contribution in [2.45, 2.75) is 25.3 Å². The molecule has 1 aromatic carbocycles. The van der Waals surface area contributed by atoms with Crippen LogP contribution < -0.4 is 0 Å². The van der Waals surface area contributed by atoms with Crippen molar-refractivity contribution in [2.24, 2.45) is 5.92 Å². The van der Waals surface area contributed by atoms with E-state index >= 15 is 0 Å². The van der Waals surface area contributed by atoms with Gasteiger partial charge in [-0.05, 0) is 66.1 Å². The molecule has 3 nitrogen and oxygen atoms in total. The lowest BCUT2D eigenvalue weighted by atomic mass is 10.1. The van der Waals surface area contributed by atoms with Crippen LogP contribution in [0.25, 0.3) is 0 Å². The van der Waals surface area contributed by atoms with Crippen molar-refractivity contribution >= 4 is 28.5 Å². The molecule has 1 aliphatic heterocycles. The molecule has 0 spiro atoms. The quantitative estimate of drug-likeness (QED) is 0.762. The summed E-state index contributed by atoms with van der Waals surface area (Å²) in [4.78, 5) is 14.7. The third-order valence-electron chi connectivity index (χ3n) is 3.82. The summed E-state index contributed by atoms with van der Waals surface area (Å²) in [6.45, 7) is 2.51. The maximum absolute atomic E-state index is 12.6. The molecule has 0 aromatic heterocycles. The summed E-state index contributed by atoms with van der Waals surface area (Å²) >= 11 is 2.26. The average Bonchev–Trinajstić information content (AvgIpc) is 3.13. The first kappa shape index (κ1) is 13.4. The monoisotopic (exact) mass is 371 g/mol. The number of ether oxygens (including phenoxy) is 1. The van der Waals surface area contributed by atoms with Crippen molar-refractivity contribution < 1.29 is 9.53 Å². The van der Waals surface area contributed by atoms with Gasteiger partial charge in [-0.25, -0.2) is 0 Å². The van der Waals surface area contributed by atoms with Gasteiger partial charge in [-0.3, -0.25) is 4.79 Å². The van der Waals surface area contributed by atoms with Crippen LogP contribution in [0.3, 0.4) is 0 Å². The Bertz CT molecular complexity index is 450. The SMILES string of the molecule is O=C(c1ccc(I)cc1)N(CC1CCOC1)C1CC1. The van der Waals surface area contributed by atoms with E-state index in [0.717, 1.165) is 48.2 Å². The van der Waals surface area contributed by atoms with Gasteiger partial charge in [0.05, 0.1) is 6.61 Å². The van der Waals surface area contributed by atoms with E-state index in [0.29, 0.717) is 12.0 Å². The molecule has 0 N–H and O–H groups in total. The Morgan fingerprint density at radius 2 is 2.00 bits per heavy atom. The van der Waals surface area contributed by atoms with E-state index in [1.165, 1.54) is 0 Å². The minimum atomic E-state index is 0.186. The molecule has 1 amide bonds. The molecule has 1 heterocycles. The predicted octanol–water partition coefficient (Wildman–Crippen LogP) is 2.93. The molecule has 1 aromatic rings. The van der Waals surface area contributed by atoms with Gasteiger partial charge >= 0.3 is 0 Å². The van der Waals surface area contributed by atoms with Gasteiger partial charge in [0.1, 0.15) is 0 Å². The van der Waals surface area contributed by atoms with Crippen molar-refractivity contribution in [1.29, 1.82) is 0 Å². The summed E-state index contributed by atoms with van der Waals surface area (Å²) in [5.74, 6) is 0.708. The third-order valence-corrected chi connectivity index (χ3v) is 4.54. The van der Waals surface area contributed by atoms with Gasteiger partial charge in [0.2, 0.25) is 0 Å². The first-order valence-corrected chi connectivity index (χ1v) is 7.96. The largest absolute Gasteiger partial charge is 0.381 e. The lowest BCUT2D eigenvalue weighted by molar-refractivity contribution is 0.0706. The van der Waals surface area contributed by atoms with Crippen LogP contribution in [-0.4, -0.2) is 36.6 Å². The number of nitrogens with zero attached hydrogens (tertiary/aromatic N) is 1. The van der Waals surface area contributed by atoms with Gasteiger partial charge in [-0.15, -0.1) is 0 Å². The van der Waals surface area contributed by atoms with Gasteiger partial charge in [0.25, 0.3) is 5.91 Å². The zero-order chi connectivity index (χ0) is 13.2. The van der Waals surface area contributed by atoms with Crippen LogP contribution in [0.4, 0.5) is 0 Å². The number of rotatable bonds is 4. The van der Waals surface area contributed by atoms with Crippen LogP contribution in [0.5, 0.6) is 0 Å². The van der Waals surface area contributed by atoms with Crippen molar-refractivity contribution in [2.75, 3.05) is 19.8 Å². The molecule has 2 aliphatic rings. The molecule has 4 heteroatoms. The highest BCUT2D eigenvalue weighted by molar-refractivity contribution is 14.1. The van der Waals surface area contributed by atoms with Gasteiger partial charge < -0.3 is 9.64 Å². The lowest BCUT2D eigenvalue weighted by Gasteiger charge is -2.25. The molecule has 1 atom stereocenters. The number of benzene rings is 1. The fourth-order valence-electron chi connectivity index (χ4n) is 2.55. The van der Waals surface area contributed by atoms with Gasteiger partial charge in [-0.2, -0.15) is 0 Å². The van der Waals surface area contributed by atoms with Crippen molar-refractivity contribution in [3.8, 4) is 0 Å². The summed E-state index contributed by atoms with van der Waals surface area (Å²) in [6, 6.07) is 8.33. The number of halogens is 1. The summed E-state index contributed by atoms with van der Waals surface area (Å²) in [5.41, 5.74) is 0.811. The Balaban J connectivity index is 1.71. The highest BCUT2D eigenvalue weighted by atomic mass is 127. The Kier molecular flexibility index (Phi) is 4.07. The van der Waals surface area contributed by atoms with Crippen molar-refractivity contribution in [1.82, 2.24) is 4.90 Å². The smallest absolute Gasteiger partial charge is 0.254 e. The van der Waals surface area contributed by atoms with Crippen LogP contribution in [0.1, 0.15) is 29.6 Å². The maximum Gasteiger partial charge on any atom is 0.254 e. The number of carbonyl (C=O) groups excluding carboxylic acids is 1. The number of hydrogen-bond donors (Lipinski definition) is 0. The molecule has 0 bridgehead atoms. The normalized spacial score (nSPS) is 22.5. The third kappa shape index (κ3) is 3.28. The highest BCUT2D eigenvalue weighted by Gasteiger charge is 2.35. The standard InChI is InChI=1S/C15H18INO2/c16-13-3-1-12(2-4-13)15(18)17(14-5-6-14)9-11-7-8-19-10-11/h1-4,11,14H,5-10H2. The van der Waals surface area contributed by atoms with E-state index in [1.54, 1.807) is 0 Å². The first-order chi connectivity index (χ1) is 9.24. The van der Waals surface area contributed by atoms with Gasteiger partial charge in [-0.1, -0.05) is 0 Å². The molecule has 3 rings (SSSR count). The summed E-state index contributed by atoms with van der Waals surface area (Å²) < 4.78 is 6.58. The Labute approximate surface area is 127 Å². The molecule has 0 radical (unpaired) electrons. The molecule has 1 saturated carbocycles. The van der Waals surface area contributed by atoms with Crippen LogP contribution >= 0.6 is 22.6 Å². The summed E-state index contributed by atoms with van der Waals surface area (Å²) in [6.07, 6.45) is 3.40. The molecule has 1 aliphatic carbocycles. The molecular weight excluding hydrogens is 353 g/mol. The van der Waals surface area contributed by atoms with Gasteiger partial charge in [0.15, 0.2) is 0 Å². The Hall–Kier alpha value is -0.620. The van der Waals surface area contributed by atoms with E-state index < -0.39 is 0 Å². The van der Waals surface area contributed by atoms with E-state index in [2.05, 4.69) is 27.5 Å². The molecule has 1 saturated heterocycles. The zero-order valence-electron chi connectivity index (χ0n) is 10.8. The van der Waals surface area contributed by atoms with E-state index in [1.807, 2.05) is 24.3 Å². The second-order valence-electron chi connectivity index (χ2n) is 5.43. The van der Waals surface area contributed by atoms with E-state index in [-0.39, 0.29) is 5.91 Å². The van der Waals surface area contributed by atoms with Crippen molar-refractivity contribution in [3.05, 3.63) is 33.4 Å². The van der Waals surface area contributed by atoms with Crippen LogP contribution in [-0.2, 0) is 4.74 Å². The first-order valence-electron chi connectivity index (χ1n) is 6.88. The minimum Gasteiger partial charge on any atom is -0.381 e. The Morgan fingerprint density at radius 1 is 1.26 bits per heavy atom. The minimum absolute atomic E-state index is 0.186. The predicted molar refractivity (Wildman–Crippen MR) is 82.1 cm³/mol. The van der Waals surface area contributed by atoms with Crippen LogP contribution in [0.2, 0.25) is 0 Å². The maximum atomic E-state index is 12.6. The van der Waals surface area contributed by atoms with Gasteiger partial charge in [0, 0.05) is 34.2 Å². The second kappa shape index (κ2) is 5.79. The molecule has 19 heavy (non-hydrogen) atoms. The summed E-state index contributed by atoms with van der Waals surface area (Å²) in [7, 11) is 0. The van der Waals surface area contributed by atoms with E-state index in [9.17, 15) is 4.79 Å².